The Morgan fingerprint density at radius 2 is 2.05 bits per heavy atom. The molecule has 0 heterocycles. The number of rotatable bonds is 6. The van der Waals surface area contributed by atoms with Gasteiger partial charge in [-0.3, -0.25) is 0 Å². The van der Waals surface area contributed by atoms with Crippen LogP contribution in [-0.4, -0.2) is 20.2 Å². The van der Waals surface area contributed by atoms with Crippen molar-refractivity contribution in [2.45, 2.75) is 46.3 Å². The van der Waals surface area contributed by atoms with E-state index in [-0.39, 0.29) is 18.5 Å². The molecule has 1 aromatic carbocycles. The van der Waals surface area contributed by atoms with Crippen molar-refractivity contribution < 1.29 is 14.2 Å². The minimum Gasteiger partial charge on any atom is -0.467 e. The predicted octanol–water partition coefficient (Wildman–Crippen LogP) is 4.26. The Labute approximate surface area is 133 Å². The molecule has 0 saturated carbocycles. The first-order valence-corrected chi connectivity index (χ1v) is 7.28. The fourth-order valence-electron chi connectivity index (χ4n) is 1.93. The van der Waals surface area contributed by atoms with Gasteiger partial charge in [0.1, 0.15) is 5.75 Å². The quantitative estimate of drug-likeness (QED) is 0.582. The first-order valence-electron chi connectivity index (χ1n) is 7.28. The average molecular weight is 303 g/mol. The second kappa shape index (κ2) is 7.98. The van der Waals surface area contributed by atoms with Crippen LogP contribution in [0.2, 0.25) is 0 Å². The molecule has 0 N–H and O–H groups in total. The Morgan fingerprint density at radius 1 is 1.36 bits per heavy atom. The van der Waals surface area contributed by atoms with E-state index in [1.54, 1.807) is 13.2 Å². The molecule has 4 heteroatoms. The molecule has 0 aliphatic rings. The second-order valence-electron chi connectivity index (χ2n) is 6.15. The third-order valence-corrected chi connectivity index (χ3v) is 3.37. The number of hydrogen-bond acceptors (Lipinski definition) is 4. The largest absolute Gasteiger partial charge is 0.467 e. The average Bonchev–Trinajstić information content (AvgIpc) is 2.46. The summed E-state index contributed by atoms with van der Waals surface area (Å²) in [7, 11) is 1.59. The Bertz CT molecular complexity index is 565. The summed E-state index contributed by atoms with van der Waals surface area (Å²) in [5.41, 5.74) is 2.95. The van der Waals surface area contributed by atoms with E-state index in [1.807, 2.05) is 26.0 Å². The predicted molar refractivity (Wildman–Crippen MR) is 87.5 cm³/mol. The van der Waals surface area contributed by atoms with Crippen molar-refractivity contribution in [1.29, 1.82) is 5.26 Å². The minimum atomic E-state index is -0.307. The van der Waals surface area contributed by atoms with E-state index >= 15 is 0 Å². The molecule has 1 atom stereocenters. The van der Waals surface area contributed by atoms with Crippen LogP contribution in [0.25, 0.3) is 5.57 Å². The number of hydrogen-bond donors (Lipinski definition) is 0. The van der Waals surface area contributed by atoms with Crippen LogP contribution >= 0.6 is 0 Å². The van der Waals surface area contributed by atoms with Crippen LogP contribution < -0.4 is 4.74 Å². The maximum Gasteiger partial charge on any atom is 0.191 e. The molecule has 0 radical (unpaired) electrons. The van der Waals surface area contributed by atoms with E-state index in [0.29, 0.717) is 0 Å². The van der Waals surface area contributed by atoms with Crippen LogP contribution in [0.4, 0.5) is 0 Å². The highest BCUT2D eigenvalue weighted by Gasteiger charge is 2.20. The van der Waals surface area contributed by atoms with Crippen molar-refractivity contribution in [3.05, 3.63) is 35.4 Å². The summed E-state index contributed by atoms with van der Waals surface area (Å²) in [6.07, 6.45) is 1.24. The number of benzene rings is 1. The molecule has 0 amide bonds. The number of methoxy groups -OCH3 is 1. The summed E-state index contributed by atoms with van der Waals surface area (Å²) in [6.45, 7) is 10.2. The van der Waals surface area contributed by atoms with Gasteiger partial charge in [0.2, 0.25) is 0 Å². The molecule has 22 heavy (non-hydrogen) atoms. The highest BCUT2D eigenvalue weighted by molar-refractivity contribution is 5.67. The molecule has 1 rings (SSSR count). The van der Waals surface area contributed by atoms with Crippen molar-refractivity contribution in [2.24, 2.45) is 0 Å². The summed E-state index contributed by atoms with van der Waals surface area (Å²) in [6, 6.07) is 8.01. The lowest BCUT2D eigenvalue weighted by Crippen LogP contribution is -2.18. The van der Waals surface area contributed by atoms with Crippen molar-refractivity contribution in [2.75, 3.05) is 13.9 Å². The maximum atomic E-state index is 8.79. The van der Waals surface area contributed by atoms with E-state index in [9.17, 15) is 0 Å². The Kier molecular flexibility index (Phi) is 6.61. The van der Waals surface area contributed by atoms with Crippen molar-refractivity contribution in [1.82, 2.24) is 0 Å². The van der Waals surface area contributed by atoms with E-state index in [4.69, 9.17) is 19.5 Å². The first kappa shape index (κ1) is 18.2. The molecule has 120 valence electrons. The maximum absolute atomic E-state index is 8.79. The van der Waals surface area contributed by atoms with Gasteiger partial charge in [-0.25, -0.2) is 0 Å². The molecule has 0 bridgehead atoms. The summed E-state index contributed by atoms with van der Waals surface area (Å²) in [5, 5.41) is 8.79. The number of allylic oxidation sites excluding steroid dienone is 2. The lowest BCUT2D eigenvalue weighted by molar-refractivity contribution is -0.149. The lowest BCUT2D eigenvalue weighted by Gasteiger charge is -2.24. The monoisotopic (exact) mass is 303 g/mol. The Balaban J connectivity index is 3.03. The van der Waals surface area contributed by atoms with Crippen molar-refractivity contribution >= 4 is 5.57 Å². The summed E-state index contributed by atoms with van der Waals surface area (Å²) >= 11 is 0. The molecule has 0 aliphatic carbocycles. The van der Waals surface area contributed by atoms with Crippen molar-refractivity contribution in [3.8, 4) is 11.8 Å². The third kappa shape index (κ3) is 5.18. The Morgan fingerprint density at radius 3 is 2.59 bits per heavy atom. The molecule has 0 fully saturated rings. The molecule has 0 saturated heterocycles. The van der Waals surface area contributed by atoms with Gasteiger partial charge in [0.15, 0.2) is 13.1 Å². The van der Waals surface area contributed by atoms with Crippen LogP contribution in [-0.2, 0) is 14.9 Å². The third-order valence-electron chi connectivity index (χ3n) is 3.37. The zero-order chi connectivity index (χ0) is 16.8. The molecule has 0 spiro atoms. The topological polar surface area (TPSA) is 51.5 Å². The summed E-state index contributed by atoms with van der Waals surface area (Å²) in [5.74, 6) is 0.782. The van der Waals surface area contributed by atoms with Gasteiger partial charge in [-0.1, -0.05) is 26.8 Å². The fourth-order valence-corrected chi connectivity index (χ4v) is 1.93. The molecule has 4 nitrogen and oxygen atoms in total. The van der Waals surface area contributed by atoms with Gasteiger partial charge in [0.25, 0.3) is 0 Å². The standard InChI is InChI=1S/C18H25NO3/c1-13(9-10-19)15-7-8-17(16(11-15)18(3,4)5)22-12-21-14(2)20-6/h7-9,11,14H,12H2,1-6H3. The van der Waals surface area contributed by atoms with Crippen LogP contribution in [0.5, 0.6) is 5.75 Å². The van der Waals surface area contributed by atoms with Gasteiger partial charge in [-0.15, -0.1) is 0 Å². The smallest absolute Gasteiger partial charge is 0.191 e. The summed E-state index contributed by atoms with van der Waals surface area (Å²) < 4.78 is 16.1. The molecule has 0 aliphatic heterocycles. The SMILES string of the molecule is COC(C)OCOc1ccc(C(C)=CC#N)cc1C(C)(C)C. The van der Waals surface area contributed by atoms with E-state index < -0.39 is 0 Å². The number of nitrogens with zero attached hydrogens (tertiary/aromatic N) is 1. The Hall–Kier alpha value is -1.83. The minimum absolute atomic E-state index is 0.0782. The molecule has 1 unspecified atom stereocenters. The van der Waals surface area contributed by atoms with Gasteiger partial charge < -0.3 is 14.2 Å². The highest BCUT2D eigenvalue weighted by Crippen LogP contribution is 2.33. The first-order chi connectivity index (χ1) is 10.3. The van der Waals surface area contributed by atoms with Crippen LogP contribution in [0.1, 0.15) is 45.7 Å². The zero-order valence-corrected chi connectivity index (χ0v) is 14.3. The van der Waals surface area contributed by atoms with Crippen molar-refractivity contribution in [3.63, 3.8) is 0 Å². The zero-order valence-electron chi connectivity index (χ0n) is 14.3. The summed E-state index contributed by atoms with van der Waals surface area (Å²) in [4.78, 5) is 0. The highest BCUT2D eigenvalue weighted by atomic mass is 16.7. The van der Waals surface area contributed by atoms with Crippen LogP contribution in [0.15, 0.2) is 24.3 Å². The molecule has 0 aromatic heterocycles. The molecule has 1 aromatic rings. The lowest BCUT2D eigenvalue weighted by atomic mass is 9.84. The molecular formula is C18H25NO3. The number of ether oxygens (including phenoxy) is 3. The van der Waals surface area contributed by atoms with E-state index in [2.05, 4.69) is 32.9 Å². The van der Waals surface area contributed by atoms with Gasteiger partial charge >= 0.3 is 0 Å². The molecular weight excluding hydrogens is 278 g/mol. The van der Waals surface area contributed by atoms with Gasteiger partial charge in [-0.05, 0) is 42.5 Å². The van der Waals surface area contributed by atoms with Crippen LogP contribution in [0, 0.1) is 11.3 Å². The van der Waals surface area contributed by atoms with Crippen LogP contribution in [0.3, 0.4) is 0 Å². The van der Waals surface area contributed by atoms with Gasteiger partial charge in [0, 0.05) is 18.7 Å². The van der Waals surface area contributed by atoms with E-state index in [0.717, 1.165) is 22.4 Å². The second-order valence-corrected chi connectivity index (χ2v) is 6.15. The number of nitriles is 1. The van der Waals surface area contributed by atoms with E-state index in [1.165, 1.54) is 0 Å². The fraction of sp³-hybridized carbons (Fsp3) is 0.500. The van der Waals surface area contributed by atoms with Gasteiger partial charge in [0.05, 0.1) is 6.07 Å². The van der Waals surface area contributed by atoms with Gasteiger partial charge in [-0.2, -0.15) is 5.26 Å². The normalized spacial score (nSPS) is 13.6.